The van der Waals surface area contributed by atoms with Gasteiger partial charge in [-0.1, -0.05) is 12.1 Å². The van der Waals surface area contributed by atoms with E-state index in [0.717, 1.165) is 11.3 Å². The Kier molecular flexibility index (Phi) is 4.88. The molecule has 3 N–H and O–H groups in total. The number of nitrogens with one attached hydrogen (secondary N) is 2. The molecule has 1 heterocycles. The normalized spacial score (nSPS) is 21.8. The van der Waals surface area contributed by atoms with E-state index in [0.29, 0.717) is 24.3 Å². The molecule has 0 radical (unpaired) electrons. The van der Waals surface area contributed by atoms with Gasteiger partial charge in [-0.2, -0.15) is 11.8 Å². The van der Waals surface area contributed by atoms with Crippen LogP contribution in [-0.4, -0.2) is 34.8 Å². The molecule has 1 aliphatic rings. The Morgan fingerprint density at radius 1 is 1.50 bits per heavy atom. The van der Waals surface area contributed by atoms with E-state index in [1.807, 2.05) is 0 Å². The van der Waals surface area contributed by atoms with Crippen molar-refractivity contribution >= 4 is 17.8 Å². The Morgan fingerprint density at radius 3 is 2.95 bits per heavy atom. The van der Waals surface area contributed by atoms with E-state index in [-0.39, 0.29) is 18.4 Å². The van der Waals surface area contributed by atoms with Crippen LogP contribution in [0.1, 0.15) is 17.5 Å². The van der Waals surface area contributed by atoms with Crippen molar-refractivity contribution in [2.45, 2.75) is 25.5 Å². The van der Waals surface area contributed by atoms with Crippen molar-refractivity contribution in [3.05, 3.63) is 35.1 Å². The number of carbonyl (C=O) groups excluding carboxylic acids is 1. The van der Waals surface area contributed by atoms with E-state index < -0.39 is 5.60 Å². The molecule has 0 bridgehead atoms. The van der Waals surface area contributed by atoms with Crippen LogP contribution < -0.4 is 10.6 Å². The number of aryl methyl sites for hydroxylation is 1. The molecule has 1 aliphatic heterocycles. The third kappa shape index (κ3) is 4.11. The molecule has 0 aliphatic carbocycles. The first-order chi connectivity index (χ1) is 9.48. The number of amides is 2. The zero-order chi connectivity index (χ0) is 14.6. The van der Waals surface area contributed by atoms with Crippen molar-refractivity contribution in [1.29, 1.82) is 0 Å². The van der Waals surface area contributed by atoms with Gasteiger partial charge in [-0.25, -0.2) is 9.18 Å². The number of urea groups is 1. The van der Waals surface area contributed by atoms with Gasteiger partial charge in [0.25, 0.3) is 0 Å². The van der Waals surface area contributed by atoms with E-state index in [4.69, 9.17) is 0 Å². The fourth-order valence-corrected chi connectivity index (χ4v) is 3.34. The highest BCUT2D eigenvalue weighted by atomic mass is 32.2. The molecule has 2 rings (SSSR count). The lowest BCUT2D eigenvalue weighted by Gasteiger charge is -2.21. The maximum atomic E-state index is 13.1. The van der Waals surface area contributed by atoms with Gasteiger partial charge >= 0.3 is 6.03 Å². The average Bonchev–Trinajstić information content (AvgIpc) is 2.85. The van der Waals surface area contributed by atoms with Gasteiger partial charge in [-0.05, 0) is 36.3 Å². The second kappa shape index (κ2) is 6.45. The number of thioether (sulfide) groups is 1. The average molecular weight is 298 g/mol. The number of hydrogen-bond donors (Lipinski definition) is 3. The number of halogens is 1. The summed E-state index contributed by atoms with van der Waals surface area (Å²) in [6, 6.07) is 4.42. The Balaban J connectivity index is 1.76. The van der Waals surface area contributed by atoms with Crippen LogP contribution in [0.15, 0.2) is 18.2 Å². The van der Waals surface area contributed by atoms with Gasteiger partial charge in [0.1, 0.15) is 5.82 Å². The number of benzene rings is 1. The highest BCUT2D eigenvalue weighted by molar-refractivity contribution is 7.99. The number of hydrogen-bond acceptors (Lipinski definition) is 3. The minimum Gasteiger partial charge on any atom is -0.387 e. The molecule has 1 aromatic rings. The summed E-state index contributed by atoms with van der Waals surface area (Å²) < 4.78 is 13.1. The van der Waals surface area contributed by atoms with Gasteiger partial charge in [-0.15, -0.1) is 0 Å². The monoisotopic (exact) mass is 298 g/mol. The number of aliphatic hydroxyl groups is 1. The summed E-state index contributed by atoms with van der Waals surface area (Å²) in [5.74, 6) is 1.33. The Labute approximate surface area is 122 Å². The number of rotatable bonds is 4. The lowest BCUT2D eigenvalue weighted by molar-refractivity contribution is 0.0700. The molecule has 0 spiro atoms. The number of carbonyl (C=O) groups is 1. The molecule has 1 unspecified atom stereocenters. The van der Waals surface area contributed by atoms with Gasteiger partial charge in [0.15, 0.2) is 0 Å². The van der Waals surface area contributed by atoms with Crippen molar-refractivity contribution in [2.75, 3.05) is 18.1 Å². The Hall–Kier alpha value is -1.27. The van der Waals surface area contributed by atoms with Gasteiger partial charge in [0, 0.05) is 18.8 Å². The summed E-state index contributed by atoms with van der Waals surface area (Å²) in [5, 5.41) is 15.5. The van der Waals surface area contributed by atoms with Crippen LogP contribution in [0.5, 0.6) is 0 Å². The van der Waals surface area contributed by atoms with Crippen molar-refractivity contribution in [3.8, 4) is 0 Å². The third-order valence-electron chi connectivity index (χ3n) is 3.34. The molecule has 0 aromatic heterocycles. The first-order valence-corrected chi connectivity index (χ1v) is 7.71. The van der Waals surface area contributed by atoms with Gasteiger partial charge in [0.2, 0.25) is 0 Å². The second-order valence-corrected chi connectivity index (χ2v) is 6.25. The molecule has 20 heavy (non-hydrogen) atoms. The van der Waals surface area contributed by atoms with E-state index in [2.05, 4.69) is 10.6 Å². The molecule has 0 saturated carbocycles. The first kappa shape index (κ1) is 15.1. The summed E-state index contributed by atoms with van der Waals surface area (Å²) in [5.41, 5.74) is 0.616. The van der Waals surface area contributed by atoms with Gasteiger partial charge < -0.3 is 15.7 Å². The van der Waals surface area contributed by atoms with Gasteiger partial charge in [-0.3, -0.25) is 0 Å². The van der Waals surface area contributed by atoms with Crippen molar-refractivity contribution in [1.82, 2.24) is 10.6 Å². The summed E-state index contributed by atoms with van der Waals surface area (Å²) in [6.45, 7) is 2.28. The van der Waals surface area contributed by atoms with E-state index in [9.17, 15) is 14.3 Å². The standard InChI is InChI=1S/C14H19FN2O2S/c1-10-6-11(2-3-12(10)15)7-16-13(18)17-8-14(19)4-5-20-9-14/h2-3,6,19H,4-5,7-9H2,1H3,(H2,16,17,18). The van der Waals surface area contributed by atoms with Crippen LogP contribution in [0.25, 0.3) is 0 Å². The molecule has 4 nitrogen and oxygen atoms in total. The summed E-state index contributed by atoms with van der Waals surface area (Å²) in [7, 11) is 0. The molecule has 1 fully saturated rings. The lowest BCUT2D eigenvalue weighted by Crippen LogP contribution is -2.46. The highest BCUT2D eigenvalue weighted by Gasteiger charge is 2.31. The zero-order valence-electron chi connectivity index (χ0n) is 11.4. The molecule has 1 aromatic carbocycles. The summed E-state index contributed by atoms with van der Waals surface area (Å²) >= 11 is 1.69. The maximum absolute atomic E-state index is 13.1. The molecule has 2 amide bonds. The molecular formula is C14H19FN2O2S. The minimum atomic E-state index is -0.783. The summed E-state index contributed by atoms with van der Waals surface area (Å²) in [6.07, 6.45) is 0.703. The van der Waals surface area contributed by atoms with Crippen LogP contribution in [0.2, 0.25) is 0 Å². The molecule has 1 atom stereocenters. The first-order valence-electron chi connectivity index (χ1n) is 6.55. The highest BCUT2D eigenvalue weighted by Crippen LogP contribution is 2.26. The quantitative estimate of drug-likeness (QED) is 0.794. The smallest absolute Gasteiger partial charge is 0.315 e. The third-order valence-corrected chi connectivity index (χ3v) is 4.57. The fourth-order valence-electron chi connectivity index (χ4n) is 2.04. The predicted octanol–water partition coefficient (Wildman–Crippen LogP) is 1.80. The van der Waals surface area contributed by atoms with Gasteiger partial charge in [0.05, 0.1) is 5.60 Å². The molecule has 6 heteroatoms. The minimum absolute atomic E-state index is 0.251. The summed E-state index contributed by atoms with van der Waals surface area (Å²) in [4.78, 5) is 11.7. The van der Waals surface area contributed by atoms with Crippen LogP contribution in [-0.2, 0) is 6.54 Å². The van der Waals surface area contributed by atoms with Crippen molar-refractivity contribution in [3.63, 3.8) is 0 Å². The molecular weight excluding hydrogens is 279 g/mol. The second-order valence-electron chi connectivity index (χ2n) is 5.15. The Bertz CT molecular complexity index is 490. The van der Waals surface area contributed by atoms with Crippen LogP contribution in [0.3, 0.4) is 0 Å². The lowest BCUT2D eigenvalue weighted by atomic mass is 10.0. The van der Waals surface area contributed by atoms with Crippen molar-refractivity contribution < 1.29 is 14.3 Å². The SMILES string of the molecule is Cc1cc(CNC(=O)NCC2(O)CCSC2)ccc1F. The van der Waals surface area contributed by atoms with E-state index >= 15 is 0 Å². The molecule has 1 saturated heterocycles. The maximum Gasteiger partial charge on any atom is 0.315 e. The van der Waals surface area contributed by atoms with E-state index in [1.165, 1.54) is 6.07 Å². The van der Waals surface area contributed by atoms with Crippen molar-refractivity contribution in [2.24, 2.45) is 0 Å². The molecule has 110 valence electrons. The van der Waals surface area contributed by atoms with Crippen LogP contribution in [0.4, 0.5) is 9.18 Å². The zero-order valence-corrected chi connectivity index (χ0v) is 12.2. The topological polar surface area (TPSA) is 61.4 Å². The van der Waals surface area contributed by atoms with Crippen LogP contribution >= 0.6 is 11.8 Å². The predicted molar refractivity (Wildman–Crippen MR) is 78.3 cm³/mol. The Morgan fingerprint density at radius 2 is 2.30 bits per heavy atom. The fraction of sp³-hybridized carbons (Fsp3) is 0.500. The van der Waals surface area contributed by atoms with Crippen LogP contribution in [0, 0.1) is 12.7 Å². The largest absolute Gasteiger partial charge is 0.387 e. The van der Waals surface area contributed by atoms with E-state index in [1.54, 1.807) is 30.8 Å².